The number of hydrogen-bond acceptors (Lipinski definition) is 5. The van der Waals surface area contributed by atoms with Crippen molar-refractivity contribution in [3.05, 3.63) is 71.2 Å². The summed E-state index contributed by atoms with van der Waals surface area (Å²) >= 11 is 0. The Kier molecular flexibility index (Phi) is 6.75. The maximum absolute atomic E-state index is 12.9. The minimum absolute atomic E-state index is 0.0869. The number of anilines is 1. The van der Waals surface area contributed by atoms with Crippen LogP contribution < -0.4 is 15.0 Å². The maximum Gasteiger partial charge on any atom is 0.253 e. The van der Waals surface area contributed by atoms with Crippen molar-refractivity contribution in [2.45, 2.75) is 27.3 Å². The van der Waals surface area contributed by atoms with Crippen molar-refractivity contribution in [2.75, 3.05) is 37.8 Å². The molecular formula is C25H30N4O3. The van der Waals surface area contributed by atoms with Crippen molar-refractivity contribution in [2.24, 2.45) is 0 Å². The van der Waals surface area contributed by atoms with E-state index in [9.17, 15) is 4.79 Å². The molecule has 168 valence electrons. The van der Waals surface area contributed by atoms with Gasteiger partial charge in [-0.25, -0.2) is 4.98 Å². The molecule has 32 heavy (non-hydrogen) atoms. The van der Waals surface area contributed by atoms with Crippen molar-refractivity contribution in [1.29, 1.82) is 0 Å². The van der Waals surface area contributed by atoms with Gasteiger partial charge in [-0.2, -0.15) is 0 Å². The number of amides is 1. The van der Waals surface area contributed by atoms with Gasteiger partial charge in [0.2, 0.25) is 0 Å². The molecule has 1 aliphatic heterocycles. The summed E-state index contributed by atoms with van der Waals surface area (Å²) in [5.74, 6) is 1.70. The molecule has 1 saturated heterocycles. The van der Waals surface area contributed by atoms with E-state index in [1.54, 1.807) is 0 Å². The second-order valence-corrected chi connectivity index (χ2v) is 7.85. The highest BCUT2D eigenvalue weighted by molar-refractivity contribution is 5.95. The van der Waals surface area contributed by atoms with Gasteiger partial charge in [0.15, 0.2) is 0 Å². The number of hydrogen-bond donors (Lipinski definition) is 1. The Morgan fingerprint density at radius 2 is 1.88 bits per heavy atom. The van der Waals surface area contributed by atoms with Crippen LogP contribution in [0.1, 0.15) is 34.2 Å². The van der Waals surface area contributed by atoms with Gasteiger partial charge in [-0.05, 0) is 56.7 Å². The molecular weight excluding hydrogens is 404 g/mol. The highest BCUT2D eigenvalue weighted by atomic mass is 16.5. The number of morpholine rings is 1. The predicted octanol–water partition coefficient (Wildman–Crippen LogP) is 3.65. The quantitative estimate of drug-likeness (QED) is 0.615. The third kappa shape index (κ3) is 4.78. The molecule has 1 N–H and O–H groups in total. The van der Waals surface area contributed by atoms with E-state index >= 15 is 0 Å². The standard InChI is InChI=1S/C25H30N4O3/c1-4-32-22-8-5-20(6-9-22)16-27-25(30)23-15-18(2)29(19(23)3)21-7-10-24(26-17-21)28-11-13-31-14-12-28/h5-10,15,17H,4,11-14,16H2,1-3H3,(H,27,30). The normalized spacial score (nSPS) is 13.8. The third-order valence-electron chi connectivity index (χ3n) is 5.69. The Morgan fingerprint density at radius 3 is 2.53 bits per heavy atom. The van der Waals surface area contributed by atoms with Gasteiger partial charge in [0, 0.05) is 31.0 Å². The Balaban J connectivity index is 1.45. The zero-order valence-electron chi connectivity index (χ0n) is 18.9. The lowest BCUT2D eigenvalue weighted by molar-refractivity contribution is 0.0950. The number of pyridine rings is 1. The summed E-state index contributed by atoms with van der Waals surface area (Å²) in [5.41, 5.74) is 4.54. The molecule has 0 unspecified atom stereocenters. The van der Waals surface area contributed by atoms with E-state index in [1.165, 1.54) is 0 Å². The molecule has 2 aromatic heterocycles. The first-order valence-corrected chi connectivity index (χ1v) is 11.0. The lowest BCUT2D eigenvalue weighted by atomic mass is 10.2. The van der Waals surface area contributed by atoms with Crippen LogP contribution in [0.25, 0.3) is 5.69 Å². The number of aryl methyl sites for hydroxylation is 1. The van der Waals surface area contributed by atoms with Crippen LogP contribution in [-0.4, -0.2) is 48.4 Å². The van der Waals surface area contributed by atoms with Crippen molar-refractivity contribution >= 4 is 11.7 Å². The summed E-state index contributed by atoms with van der Waals surface area (Å²) in [6.07, 6.45) is 1.87. The monoisotopic (exact) mass is 434 g/mol. The Labute approximate surface area is 189 Å². The molecule has 0 aliphatic carbocycles. The van der Waals surface area contributed by atoms with Crippen molar-refractivity contribution < 1.29 is 14.3 Å². The summed E-state index contributed by atoms with van der Waals surface area (Å²) in [5, 5.41) is 3.02. The minimum Gasteiger partial charge on any atom is -0.494 e. The highest BCUT2D eigenvalue weighted by Gasteiger charge is 2.18. The number of ether oxygens (including phenoxy) is 2. The first-order valence-electron chi connectivity index (χ1n) is 11.0. The van der Waals surface area contributed by atoms with Gasteiger partial charge in [-0.3, -0.25) is 4.79 Å². The molecule has 0 bridgehead atoms. The fourth-order valence-corrected chi connectivity index (χ4v) is 4.03. The minimum atomic E-state index is -0.0869. The predicted molar refractivity (Wildman–Crippen MR) is 125 cm³/mol. The second-order valence-electron chi connectivity index (χ2n) is 7.85. The molecule has 0 atom stereocenters. The molecule has 0 radical (unpaired) electrons. The summed E-state index contributed by atoms with van der Waals surface area (Å²) < 4.78 is 13.0. The molecule has 3 aromatic rings. The number of benzene rings is 1. The van der Waals surface area contributed by atoms with Crippen molar-refractivity contribution in [3.8, 4) is 11.4 Å². The molecule has 1 aromatic carbocycles. The van der Waals surface area contributed by atoms with Crippen LogP contribution in [0.2, 0.25) is 0 Å². The highest BCUT2D eigenvalue weighted by Crippen LogP contribution is 2.22. The van der Waals surface area contributed by atoms with Crippen LogP contribution in [0.5, 0.6) is 5.75 Å². The van der Waals surface area contributed by atoms with E-state index in [-0.39, 0.29) is 5.91 Å². The van der Waals surface area contributed by atoms with Crippen LogP contribution in [0.3, 0.4) is 0 Å². The van der Waals surface area contributed by atoms with E-state index in [4.69, 9.17) is 9.47 Å². The first kappa shape index (κ1) is 21.9. The first-order chi connectivity index (χ1) is 15.6. The Hall–Kier alpha value is -3.32. The largest absolute Gasteiger partial charge is 0.494 e. The zero-order valence-corrected chi connectivity index (χ0v) is 18.9. The van der Waals surface area contributed by atoms with Crippen LogP contribution in [0.4, 0.5) is 5.82 Å². The maximum atomic E-state index is 12.9. The van der Waals surface area contributed by atoms with Crippen LogP contribution in [0.15, 0.2) is 48.7 Å². The van der Waals surface area contributed by atoms with E-state index in [0.717, 1.165) is 60.5 Å². The van der Waals surface area contributed by atoms with Gasteiger partial charge in [0.1, 0.15) is 11.6 Å². The van der Waals surface area contributed by atoms with E-state index in [2.05, 4.69) is 25.8 Å². The van der Waals surface area contributed by atoms with Crippen LogP contribution in [0, 0.1) is 13.8 Å². The molecule has 1 amide bonds. The molecule has 1 fully saturated rings. The zero-order chi connectivity index (χ0) is 22.5. The third-order valence-corrected chi connectivity index (χ3v) is 5.69. The summed E-state index contributed by atoms with van der Waals surface area (Å²) in [7, 11) is 0. The molecule has 3 heterocycles. The smallest absolute Gasteiger partial charge is 0.253 e. The van der Waals surface area contributed by atoms with E-state index in [0.29, 0.717) is 18.7 Å². The van der Waals surface area contributed by atoms with Gasteiger partial charge in [-0.15, -0.1) is 0 Å². The number of rotatable bonds is 7. The second kappa shape index (κ2) is 9.87. The average molecular weight is 435 g/mol. The summed E-state index contributed by atoms with van der Waals surface area (Å²) in [4.78, 5) is 19.8. The number of nitrogens with one attached hydrogen (secondary N) is 1. The number of carbonyl (C=O) groups excluding carboxylic acids is 1. The topological polar surface area (TPSA) is 68.6 Å². The number of aromatic nitrogens is 2. The molecule has 0 spiro atoms. The SMILES string of the molecule is CCOc1ccc(CNC(=O)c2cc(C)n(-c3ccc(N4CCOCC4)nc3)c2C)cc1. The fourth-order valence-electron chi connectivity index (χ4n) is 4.03. The van der Waals surface area contributed by atoms with E-state index in [1.807, 2.05) is 63.4 Å². The number of carbonyl (C=O) groups is 1. The van der Waals surface area contributed by atoms with Gasteiger partial charge in [0.25, 0.3) is 5.91 Å². The lowest BCUT2D eigenvalue weighted by Crippen LogP contribution is -2.36. The van der Waals surface area contributed by atoms with Gasteiger partial charge in [-0.1, -0.05) is 12.1 Å². The van der Waals surface area contributed by atoms with Crippen LogP contribution in [-0.2, 0) is 11.3 Å². The molecule has 4 rings (SSSR count). The lowest BCUT2D eigenvalue weighted by Gasteiger charge is -2.27. The van der Waals surface area contributed by atoms with Crippen molar-refractivity contribution in [1.82, 2.24) is 14.9 Å². The number of nitrogens with zero attached hydrogens (tertiary/aromatic N) is 3. The summed E-state index contributed by atoms with van der Waals surface area (Å²) in [6, 6.07) is 13.8. The van der Waals surface area contributed by atoms with Gasteiger partial charge in [0.05, 0.1) is 37.3 Å². The van der Waals surface area contributed by atoms with Crippen LogP contribution >= 0.6 is 0 Å². The molecule has 7 nitrogen and oxygen atoms in total. The Bertz CT molecular complexity index is 1050. The fraction of sp³-hybridized carbons (Fsp3) is 0.360. The van der Waals surface area contributed by atoms with Gasteiger partial charge >= 0.3 is 0 Å². The van der Waals surface area contributed by atoms with E-state index < -0.39 is 0 Å². The van der Waals surface area contributed by atoms with Gasteiger partial charge < -0.3 is 24.3 Å². The average Bonchev–Trinajstić information content (AvgIpc) is 3.13. The summed E-state index contributed by atoms with van der Waals surface area (Å²) in [6.45, 7) is 10.2. The molecule has 7 heteroatoms. The Morgan fingerprint density at radius 1 is 1.12 bits per heavy atom. The molecule has 0 saturated carbocycles. The molecule has 1 aliphatic rings. The van der Waals surface area contributed by atoms with Crippen molar-refractivity contribution in [3.63, 3.8) is 0 Å².